The van der Waals surface area contributed by atoms with Gasteiger partial charge < -0.3 is 15.0 Å². The minimum atomic E-state index is -0.415. The van der Waals surface area contributed by atoms with Crippen LogP contribution in [0, 0.1) is 5.41 Å². The van der Waals surface area contributed by atoms with Gasteiger partial charge in [-0.25, -0.2) is 0 Å². The minimum absolute atomic E-state index is 0.00135. The van der Waals surface area contributed by atoms with Crippen LogP contribution in [0.15, 0.2) is 0 Å². The summed E-state index contributed by atoms with van der Waals surface area (Å²) in [6, 6.07) is -0.0291. The number of likely N-dealkylation sites (N-methyl/N-ethyl adjacent to an activating group) is 1. The molecule has 1 saturated carbocycles. The molecule has 3 atom stereocenters. The number of amides is 2. The molecular formula is C26H47N3O3. The Balaban J connectivity index is 1.54. The lowest BCUT2D eigenvalue weighted by Gasteiger charge is -2.50. The van der Waals surface area contributed by atoms with Gasteiger partial charge in [0.2, 0.25) is 11.8 Å². The number of unbranched alkanes of at least 4 members (excludes halogenated alkanes) is 2. The van der Waals surface area contributed by atoms with Crippen LogP contribution >= 0.6 is 0 Å². The van der Waals surface area contributed by atoms with Crippen molar-refractivity contribution in [3.63, 3.8) is 0 Å². The highest BCUT2D eigenvalue weighted by atomic mass is 16.5. The first-order chi connectivity index (χ1) is 15.2. The molecular weight excluding hydrogens is 402 g/mol. The van der Waals surface area contributed by atoms with E-state index in [1.807, 2.05) is 4.90 Å². The van der Waals surface area contributed by atoms with E-state index in [2.05, 4.69) is 38.0 Å². The van der Waals surface area contributed by atoms with E-state index in [0.717, 1.165) is 57.9 Å². The zero-order valence-electron chi connectivity index (χ0n) is 21.1. The molecule has 0 aromatic heterocycles. The number of nitrogens with one attached hydrogen (secondary N) is 1. The predicted molar refractivity (Wildman–Crippen MR) is 128 cm³/mol. The summed E-state index contributed by atoms with van der Waals surface area (Å²) in [4.78, 5) is 30.3. The van der Waals surface area contributed by atoms with Crippen molar-refractivity contribution < 1.29 is 14.3 Å². The maximum Gasteiger partial charge on any atom is 0.237 e. The summed E-state index contributed by atoms with van der Waals surface area (Å²) in [5.41, 5.74) is -0.0469. The van der Waals surface area contributed by atoms with Gasteiger partial charge in [-0.05, 0) is 57.5 Å². The molecule has 184 valence electrons. The van der Waals surface area contributed by atoms with E-state index >= 15 is 0 Å². The second kappa shape index (κ2) is 11.3. The lowest BCUT2D eigenvalue weighted by atomic mass is 9.78. The Bertz CT molecular complexity index is 628. The highest BCUT2D eigenvalue weighted by molar-refractivity contribution is 5.82. The van der Waals surface area contributed by atoms with Crippen molar-refractivity contribution in [3.8, 4) is 0 Å². The smallest absolute Gasteiger partial charge is 0.237 e. The van der Waals surface area contributed by atoms with Crippen LogP contribution in [0.3, 0.4) is 0 Å². The first kappa shape index (κ1) is 25.5. The second-order valence-corrected chi connectivity index (χ2v) is 11.6. The average molecular weight is 450 g/mol. The van der Waals surface area contributed by atoms with Crippen LogP contribution in [0.5, 0.6) is 0 Å². The van der Waals surface area contributed by atoms with Gasteiger partial charge in [0.1, 0.15) is 5.60 Å². The molecule has 3 fully saturated rings. The number of piperidine rings is 1. The topological polar surface area (TPSA) is 61.9 Å². The zero-order chi connectivity index (χ0) is 23.2. The molecule has 3 rings (SSSR count). The summed E-state index contributed by atoms with van der Waals surface area (Å²) in [5, 5.41) is 3.37. The molecule has 1 aliphatic carbocycles. The molecule has 2 heterocycles. The van der Waals surface area contributed by atoms with Gasteiger partial charge >= 0.3 is 0 Å². The first-order valence-electron chi connectivity index (χ1n) is 13.1. The number of rotatable bonds is 7. The molecule has 6 nitrogen and oxygen atoms in total. The van der Waals surface area contributed by atoms with Crippen molar-refractivity contribution in [3.05, 3.63) is 0 Å². The van der Waals surface area contributed by atoms with E-state index in [1.54, 1.807) is 0 Å². The monoisotopic (exact) mass is 449 g/mol. The number of ether oxygens (including phenoxy) is 1. The van der Waals surface area contributed by atoms with Gasteiger partial charge in [0.05, 0.1) is 25.2 Å². The fourth-order valence-corrected chi connectivity index (χ4v) is 5.74. The number of hydrogen-bond acceptors (Lipinski definition) is 4. The molecule has 32 heavy (non-hydrogen) atoms. The molecule has 2 amide bonds. The SMILES string of the molecule is CN1CCCCC1C(=O)N[C@H]1CCCC[C@@]12CN(C(=O)CCCCCC(C)(C)C)CCO2. The van der Waals surface area contributed by atoms with Crippen molar-refractivity contribution in [1.82, 2.24) is 15.1 Å². The average Bonchev–Trinajstić information content (AvgIpc) is 2.74. The Labute approximate surface area is 195 Å². The number of carbonyl (C=O) groups is 2. The van der Waals surface area contributed by atoms with E-state index in [-0.39, 0.29) is 23.9 Å². The standard InChI is InChI=1S/C26H47N3O3/c1-25(2,3)15-9-5-6-14-23(30)29-18-19-32-26(20-29)16-10-7-13-22(26)27-24(31)21-12-8-11-17-28(21)4/h21-22H,5-20H2,1-4H3,(H,27,31)/t21?,22-,26+/m0/s1. The Morgan fingerprint density at radius 2 is 1.81 bits per heavy atom. The van der Waals surface area contributed by atoms with Gasteiger partial charge in [-0.15, -0.1) is 0 Å². The van der Waals surface area contributed by atoms with E-state index in [9.17, 15) is 9.59 Å². The number of likely N-dealkylation sites (tertiary alicyclic amines) is 1. The Kier molecular flexibility index (Phi) is 9.02. The summed E-state index contributed by atoms with van der Waals surface area (Å²) in [7, 11) is 2.05. The van der Waals surface area contributed by atoms with Crippen LogP contribution in [0.2, 0.25) is 0 Å². The molecule has 3 aliphatic rings. The van der Waals surface area contributed by atoms with Crippen LogP contribution in [0.4, 0.5) is 0 Å². The van der Waals surface area contributed by atoms with Gasteiger partial charge in [0, 0.05) is 13.0 Å². The zero-order valence-corrected chi connectivity index (χ0v) is 21.1. The van der Waals surface area contributed by atoms with Crippen LogP contribution in [0.25, 0.3) is 0 Å². The van der Waals surface area contributed by atoms with Crippen molar-refractivity contribution in [1.29, 1.82) is 0 Å². The fourth-order valence-electron chi connectivity index (χ4n) is 5.74. The number of nitrogens with zero attached hydrogens (tertiary/aromatic N) is 2. The van der Waals surface area contributed by atoms with Crippen LogP contribution < -0.4 is 5.32 Å². The molecule has 6 heteroatoms. The number of morpholine rings is 1. The van der Waals surface area contributed by atoms with Gasteiger partial charge in [0.15, 0.2) is 0 Å². The molecule has 0 aromatic carbocycles. The molecule has 0 bridgehead atoms. The van der Waals surface area contributed by atoms with Gasteiger partial charge in [-0.1, -0.05) is 52.9 Å². The normalized spacial score (nSPS) is 29.8. The Morgan fingerprint density at radius 3 is 2.56 bits per heavy atom. The van der Waals surface area contributed by atoms with Gasteiger partial charge in [0.25, 0.3) is 0 Å². The number of hydrogen-bond donors (Lipinski definition) is 1. The molecule has 2 aliphatic heterocycles. The summed E-state index contributed by atoms with van der Waals surface area (Å²) >= 11 is 0. The van der Waals surface area contributed by atoms with Crippen LogP contribution in [-0.4, -0.2) is 72.6 Å². The minimum Gasteiger partial charge on any atom is -0.369 e. The van der Waals surface area contributed by atoms with Crippen molar-refractivity contribution in [2.24, 2.45) is 5.41 Å². The lowest BCUT2D eigenvalue weighted by Crippen LogP contribution is -2.66. The van der Waals surface area contributed by atoms with E-state index in [1.165, 1.54) is 19.3 Å². The maximum atomic E-state index is 13.1. The van der Waals surface area contributed by atoms with Crippen molar-refractivity contribution in [2.75, 3.05) is 33.3 Å². The summed E-state index contributed by atoms with van der Waals surface area (Å²) in [5.74, 6) is 0.399. The summed E-state index contributed by atoms with van der Waals surface area (Å²) < 4.78 is 6.37. The van der Waals surface area contributed by atoms with Gasteiger partial charge in [-0.3, -0.25) is 14.5 Å². The molecule has 1 unspecified atom stereocenters. The molecule has 0 radical (unpaired) electrons. The van der Waals surface area contributed by atoms with Crippen molar-refractivity contribution >= 4 is 11.8 Å². The van der Waals surface area contributed by atoms with E-state index in [4.69, 9.17) is 4.74 Å². The van der Waals surface area contributed by atoms with Gasteiger partial charge in [-0.2, -0.15) is 0 Å². The predicted octanol–water partition coefficient (Wildman–Crippen LogP) is 4.12. The quantitative estimate of drug-likeness (QED) is 0.594. The Morgan fingerprint density at radius 1 is 1.03 bits per heavy atom. The molecule has 1 spiro atoms. The molecule has 0 aromatic rings. The second-order valence-electron chi connectivity index (χ2n) is 11.6. The molecule has 1 N–H and O–H groups in total. The third kappa shape index (κ3) is 6.93. The Hall–Kier alpha value is -1.14. The summed E-state index contributed by atoms with van der Waals surface area (Å²) in [6.07, 6.45) is 12.4. The van der Waals surface area contributed by atoms with E-state index in [0.29, 0.717) is 31.5 Å². The maximum absolute atomic E-state index is 13.1. The number of carbonyl (C=O) groups excluding carboxylic acids is 2. The third-order valence-corrected chi connectivity index (χ3v) is 7.75. The third-order valence-electron chi connectivity index (χ3n) is 7.75. The summed E-state index contributed by atoms with van der Waals surface area (Å²) in [6.45, 7) is 9.69. The van der Waals surface area contributed by atoms with Crippen molar-refractivity contribution in [2.45, 2.75) is 116 Å². The fraction of sp³-hybridized carbons (Fsp3) is 0.923. The largest absolute Gasteiger partial charge is 0.369 e. The molecule has 2 saturated heterocycles. The first-order valence-corrected chi connectivity index (χ1v) is 13.1. The highest BCUT2D eigenvalue weighted by Gasteiger charge is 2.47. The van der Waals surface area contributed by atoms with Crippen LogP contribution in [-0.2, 0) is 14.3 Å². The highest BCUT2D eigenvalue weighted by Crippen LogP contribution is 2.35. The van der Waals surface area contributed by atoms with Crippen LogP contribution in [0.1, 0.15) is 97.8 Å². The lowest BCUT2D eigenvalue weighted by molar-refractivity contribution is -0.165. The van der Waals surface area contributed by atoms with E-state index < -0.39 is 5.60 Å².